The zero-order chi connectivity index (χ0) is 14.5. The summed E-state index contributed by atoms with van der Waals surface area (Å²) in [5.41, 5.74) is 3.72. The smallest absolute Gasteiger partial charge is 0.255 e. The lowest BCUT2D eigenvalue weighted by atomic mass is 10.0. The number of fused-ring (bicyclic) bond motifs is 1. The van der Waals surface area contributed by atoms with Crippen molar-refractivity contribution in [1.29, 1.82) is 0 Å². The molecule has 1 aliphatic rings. The third-order valence-electron chi connectivity index (χ3n) is 3.92. The Morgan fingerprint density at radius 3 is 2.80 bits per heavy atom. The molecular weight excluding hydrogens is 250 g/mol. The zero-order valence-electron chi connectivity index (χ0n) is 13.0. The van der Waals surface area contributed by atoms with Crippen LogP contribution in [-0.4, -0.2) is 29.6 Å². The van der Waals surface area contributed by atoms with Crippen molar-refractivity contribution in [2.24, 2.45) is 0 Å². The van der Waals surface area contributed by atoms with Crippen LogP contribution in [-0.2, 0) is 26.1 Å². The van der Waals surface area contributed by atoms with Gasteiger partial charge in [0.1, 0.15) is 0 Å². The Balaban J connectivity index is 2.35. The molecule has 0 atom stereocenters. The van der Waals surface area contributed by atoms with Crippen LogP contribution in [0.5, 0.6) is 0 Å². The summed E-state index contributed by atoms with van der Waals surface area (Å²) < 4.78 is 2.02. The maximum Gasteiger partial charge on any atom is 0.255 e. The van der Waals surface area contributed by atoms with Crippen molar-refractivity contribution in [3.63, 3.8) is 0 Å². The Kier molecular flexibility index (Phi) is 5.38. The highest BCUT2D eigenvalue weighted by molar-refractivity contribution is 5.29. The van der Waals surface area contributed by atoms with Gasteiger partial charge < -0.3 is 14.8 Å². The second kappa shape index (κ2) is 7.04. The number of likely N-dealkylation sites (N-methyl/N-ethyl adjacent to an activating group) is 1. The van der Waals surface area contributed by atoms with Crippen molar-refractivity contribution in [3.8, 4) is 0 Å². The first-order valence-electron chi connectivity index (χ1n) is 7.81. The van der Waals surface area contributed by atoms with Crippen molar-refractivity contribution >= 4 is 0 Å². The Morgan fingerprint density at radius 1 is 1.30 bits per heavy atom. The van der Waals surface area contributed by atoms with E-state index in [0.717, 1.165) is 51.0 Å². The SMILES string of the molecule is CCCNCc1cc2c(n(CCC)c1=O)CCN(C)C2. The van der Waals surface area contributed by atoms with Crippen molar-refractivity contribution in [3.05, 3.63) is 33.2 Å². The van der Waals surface area contributed by atoms with Crippen molar-refractivity contribution < 1.29 is 0 Å². The lowest BCUT2D eigenvalue weighted by molar-refractivity contribution is 0.303. The number of aromatic nitrogens is 1. The number of pyridine rings is 1. The summed E-state index contributed by atoms with van der Waals surface area (Å²) in [4.78, 5) is 14.9. The van der Waals surface area contributed by atoms with E-state index in [2.05, 4.69) is 37.2 Å². The van der Waals surface area contributed by atoms with Crippen LogP contribution in [0.25, 0.3) is 0 Å². The van der Waals surface area contributed by atoms with Crippen molar-refractivity contribution in [1.82, 2.24) is 14.8 Å². The normalized spacial score (nSPS) is 15.3. The van der Waals surface area contributed by atoms with Gasteiger partial charge in [0.05, 0.1) is 0 Å². The van der Waals surface area contributed by atoms with Crippen LogP contribution in [0.3, 0.4) is 0 Å². The standard InChI is InChI=1S/C16H27N3O/c1-4-7-17-11-13-10-14-12-18(3)9-6-15(14)19(8-5-2)16(13)20/h10,17H,4-9,11-12H2,1-3H3. The summed E-state index contributed by atoms with van der Waals surface area (Å²) in [6.07, 6.45) is 3.09. The van der Waals surface area contributed by atoms with Gasteiger partial charge >= 0.3 is 0 Å². The van der Waals surface area contributed by atoms with Crippen molar-refractivity contribution in [2.75, 3.05) is 20.1 Å². The Hall–Kier alpha value is -1.13. The van der Waals surface area contributed by atoms with Gasteiger partial charge in [0.25, 0.3) is 5.56 Å². The van der Waals surface area contributed by atoms with Crippen LogP contribution in [0.4, 0.5) is 0 Å². The molecule has 0 unspecified atom stereocenters. The first-order valence-corrected chi connectivity index (χ1v) is 7.81. The lowest BCUT2D eigenvalue weighted by Gasteiger charge is -2.28. The minimum atomic E-state index is 0.207. The molecule has 0 saturated carbocycles. The second-order valence-corrected chi connectivity index (χ2v) is 5.76. The number of nitrogens with zero attached hydrogens (tertiary/aromatic N) is 2. The maximum atomic E-state index is 12.6. The summed E-state index contributed by atoms with van der Waals surface area (Å²) in [7, 11) is 2.15. The van der Waals surface area contributed by atoms with E-state index in [9.17, 15) is 4.79 Å². The molecule has 1 aromatic heterocycles. The van der Waals surface area contributed by atoms with Crippen LogP contribution in [0, 0.1) is 0 Å². The molecule has 1 aliphatic heterocycles. The Bertz CT molecular complexity index is 507. The number of hydrogen-bond donors (Lipinski definition) is 1. The minimum Gasteiger partial charge on any atom is -0.312 e. The predicted octanol–water partition coefficient (Wildman–Crippen LogP) is 1.75. The molecule has 4 nitrogen and oxygen atoms in total. The zero-order valence-corrected chi connectivity index (χ0v) is 13.0. The Labute approximate surface area is 121 Å². The van der Waals surface area contributed by atoms with Gasteiger partial charge in [-0.2, -0.15) is 0 Å². The molecule has 0 amide bonds. The van der Waals surface area contributed by atoms with Crippen LogP contribution in [0.15, 0.2) is 10.9 Å². The Morgan fingerprint density at radius 2 is 2.10 bits per heavy atom. The molecule has 4 heteroatoms. The summed E-state index contributed by atoms with van der Waals surface area (Å²) in [5.74, 6) is 0. The third-order valence-corrected chi connectivity index (χ3v) is 3.92. The van der Waals surface area contributed by atoms with Crippen LogP contribution < -0.4 is 10.9 Å². The van der Waals surface area contributed by atoms with E-state index in [1.165, 1.54) is 11.3 Å². The molecule has 2 rings (SSSR count). The fourth-order valence-electron chi connectivity index (χ4n) is 2.91. The minimum absolute atomic E-state index is 0.207. The fraction of sp³-hybridized carbons (Fsp3) is 0.688. The van der Waals surface area contributed by atoms with Crippen LogP contribution in [0.1, 0.15) is 43.5 Å². The second-order valence-electron chi connectivity index (χ2n) is 5.76. The first kappa shape index (κ1) is 15.3. The lowest BCUT2D eigenvalue weighted by Crippen LogP contribution is -2.36. The largest absolute Gasteiger partial charge is 0.312 e. The average molecular weight is 277 g/mol. The quantitative estimate of drug-likeness (QED) is 0.805. The molecule has 112 valence electrons. The number of rotatable bonds is 6. The third kappa shape index (κ3) is 3.30. The van der Waals surface area contributed by atoms with E-state index in [1.807, 2.05) is 4.57 Å². The molecule has 0 saturated heterocycles. The van der Waals surface area contributed by atoms with E-state index >= 15 is 0 Å². The van der Waals surface area contributed by atoms with Gasteiger partial charge in [-0.15, -0.1) is 0 Å². The first-order chi connectivity index (χ1) is 9.67. The molecular formula is C16H27N3O. The predicted molar refractivity (Wildman–Crippen MR) is 83.0 cm³/mol. The van der Waals surface area contributed by atoms with E-state index in [1.54, 1.807) is 0 Å². The monoisotopic (exact) mass is 277 g/mol. The van der Waals surface area contributed by atoms with Gasteiger partial charge in [-0.05, 0) is 38.1 Å². The highest BCUT2D eigenvalue weighted by Crippen LogP contribution is 2.18. The van der Waals surface area contributed by atoms with E-state index in [0.29, 0.717) is 6.54 Å². The van der Waals surface area contributed by atoms with Gasteiger partial charge in [0.15, 0.2) is 0 Å². The highest BCUT2D eigenvalue weighted by atomic mass is 16.1. The van der Waals surface area contributed by atoms with E-state index in [4.69, 9.17) is 0 Å². The van der Waals surface area contributed by atoms with Gasteiger partial charge in [-0.25, -0.2) is 0 Å². The van der Waals surface area contributed by atoms with Crippen LogP contribution >= 0.6 is 0 Å². The highest BCUT2D eigenvalue weighted by Gasteiger charge is 2.19. The molecule has 2 heterocycles. The average Bonchev–Trinajstić information content (AvgIpc) is 2.43. The summed E-state index contributed by atoms with van der Waals surface area (Å²) in [6.45, 7) is 8.77. The number of hydrogen-bond acceptors (Lipinski definition) is 3. The van der Waals surface area contributed by atoms with Gasteiger partial charge in [0.2, 0.25) is 0 Å². The fourth-order valence-corrected chi connectivity index (χ4v) is 2.91. The number of nitrogens with one attached hydrogen (secondary N) is 1. The summed E-state index contributed by atoms with van der Waals surface area (Å²) in [5, 5.41) is 3.35. The summed E-state index contributed by atoms with van der Waals surface area (Å²) in [6, 6.07) is 2.13. The van der Waals surface area contributed by atoms with E-state index < -0.39 is 0 Å². The van der Waals surface area contributed by atoms with Gasteiger partial charge in [-0.1, -0.05) is 13.8 Å². The molecule has 0 bridgehead atoms. The molecule has 0 aromatic carbocycles. The van der Waals surface area contributed by atoms with Crippen LogP contribution in [0.2, 0.25) is 0 Å². The maximum absolute atomic E-state index is 12.6. The topological polar surface area (TPSA) is 37.3 Å². The molecule has 0 spiro atoms. The molecule has 20 heavy (non-hydrogen) atoms. The summed E-state index contributed by atoms with van der Waals surface area (Å²) >= 11 is 0. The van der Waals surface area contributed by atoms with Gasteiger partial charge in [0, 0.05) is 43.9 Å². The molecule has 1 N–H and O–H groups in total. The van der Waals surface area contributed by atoms with Gasteiger partial charge in [-0.3, -0.25) is 4.79 Å². The molecule has 0 fully saturated rings. The van der Waals surface area contributed by atoms with Crippen molar-refractivity contribution in [2.45, 2.75) is 52.7 Å². The molecule has 1 aromatic rings. The molecule has 0 aliphatic carbocycles. The van der Waals surface area contributed by atoms with E-state index in [-0.39, 0.29) is 5.56 Å². The molecule has 0 radical (unpaired) electrons.